The molecule has 0 saturated carbocycles. The number of rotatable bonds is 4. The Balaban J connectivity index is 1.83. The molecule has 1 saturated heterocycles. The summed E-state index contributed by atoms with van der Waals surface area (Å²) in [5.41, 5.74) is 1.02. The van der Waals surface area contributed by atoms with Gasteiger partial charge < -0.3 is 9.80 Å². The number of piperidine rings is 1. The number of benzene rings is 1. The van der Waals surface area contributed by atoms with Crippen LogP contribution in [0, 0.1) is 5.92 Å². The average Bonchev–Trinajstić information content (AvgIpc) is 3.10. The monoisotopic (exact) mass is 342 g/mol. The number of thiophene rings is 1. The van der Waals surface area contributed by atoms with Crippen molar-refractivity contribution in [1.29, 1.82) is 0 Å². The normalized spacial score (nSPS) is 20.9. The van der Waals surface area contributed by atoms with Crippen LogP contribution in [0.1, 0.15) is 29.3 Å². The van der Waals surface area contributed by atoms with Gasteiger partial charge in [0.05, 0.1) is 18.5 Å². The van der Waals surface area contributed by atoms with Gasteiger partial charge in [-0.25, -0.2) is 0 Å². The minimum absolute atomic E-state index is 0.105. The Morgan fingerprint density at radius 3 is 2.67 bits per heavy atom. The van der Waals surface area contributed by atoms with Gasteiger partial charge in [-0.2, -0.15) is 0 Å². The highest BCUT2D eigenvalue weighted by Gasteiger charge is 2.39. The van der Waals surface area contributed by atoms with E-state index in [1.807, 2.05) is 54.9 Å². The summed E-state index contributed by atoms with van der Waals surface area (Å²) in [6.45, 7) is 0.617. The molecule has 2 atom stereocenters. The maximum absolute atomic E-state index is 13.1. The van der Waals surface area contributed by atoms with E-state index >= 15 is 0 Å². The summed E-state index contributed by atoms with van der Waals surface area (Å²) in [5.74, 6) is 0.0190. The lowest BCUT2D eigenvalue weighted by atomic mass is 9.83. The molecule has 1 aliphatic heterocycles. The fourth-order valence-corrected chi connectivity index (χ4v) is 4.16. The van der Waals surface area contributed by atoms with E-state index in [-0.39, 0.29) is 23.8 Å². The lowest BCUT2D eigenvalue weighted by Gasteiger charge is -2.40. The van der Waals surface area contributed by atoms with Gasteiger partial charge >= 0.3 is 0 Å². The lowest BCUT2D eigenvalue weighted by molar-refractivity contribution is -0.146. The van der Waals surface area contributed by atoms with Crippen LogP contribution < -0.4 is 0 Å². The van der Waals surface area contributed by atoms with Crippen molar-refractivity contribution >= 4 is 23.2 Å². The van der Waals surface area contributed by atoms with E-state index in [0.717, 1.165) is 5.56 Å². The maximum atomic E-state index is 13.1. The Morgan fingerprint density at radius 2 is 2.00 bits per heavy atom. The molecule has 0 aliphatic carbocycles. The minimum Gasteiger partial charge on any atom is -0.340 e. The SMILES string of the molecule is CN(Cc1cccs1)C(=O)[C@H]1CCC(=O)N(C)[C@@H]1c1ccccc1. The van der Waals surface area contributed by atoms with Crippen molar-refractivity contribution in [3.8, 4) is 0 Å². The summed E-state index contributed by atoms with van der Waals surface area (Å²) in [6, 6.07) is 13.7. The summed E-state index contributed by atoms with van der Waals surface area (Å²) in [5, 5.41) is 2.02. The van der Waals surface area contributed by atoms with Gasteiger partial charge in [0.1, 0.15) is 0 Å². The zero-order valence-corrected chi connectivity index (χ0v) is 14.8. The second-order valence-corrected chi connectivity index (χ2v) is 7.31. The van der Waals surface area contributed by atoms with Crippen molar-refractivity contribution in [3.63, 3.8) is 0 Å². The molecule has 1 aromatic heterocycles. The minimum atomic E-state index is -0.194. The maximum Gasteiger partial charge on any atom is 0.228 e. The zero-order chi connectivity index (χ0) is 17.1. The van der Waals surface area contributed by atoms with Crippen molar-refractivity contribution in [2.75, 3.05) is 14.1 Å². The third-order valence-electron chi connectivity index (χ3n) is 4.67. The first-order valence-corrected chi connectivity index (χ1v) is 9.04. The third-order valence-corrected chi connectivity index (χ3v) is 5.53. The lowest BCUT2D eigenvalue weighted by Crippen LogP contribution is -2.46. The van der Waals surface area contributed by atoms with Gasteiger partial charge in [-0.05, 0) is 23.4 Å². The molecule has 1 fully saturated rings. The Labute approximate surface area is 146 Å². The van der Waals surface area contributed by atoms with Gasteiger partial charge in [-0.1, -0.05) is 36.4 Å². The number of hydrogen-bond donors (Lipinski definition) is 0. The smallest absolute Gasteiger partial charge is 0.228 e. The van der Waals surface area contributed by atoms with Crippen LogP contribution >= 0.6 is 11.3 Å². The molecule has 3 rings (SSSR count). The Bertz CT molecular complexity index is 699. The van der Waals surface area contributed by atoms with Crippen LogP contribution in [-0.2, 0) is 16.1 Å². The molecule has 0 spiro atoms. The molecule has 0 unspecified atom stereocenters. The van der Waals surface area contributed by atoms with Crippen LogP contribution in [0.2, 0.25) is 0 Å². The van der Waals surface area contributed by atoms with Gasteiger partial charge in [0.25, 0.3) is 0 Å². The van der Waals surface area contributed by atoms with E-state index < -0.39 is 0 Å². The largest absolute Gasteiger partial charge is 0.340 e. The van der Waals surface area contributed by atoms with Crippen LogP contribution in [0.3, 0.4) is 0 Å². The molecule has 0 N–H and O–H groups in total. The van der Waals surface area contributed by atoms with Gasteiger partial charge in [0, 0.05) is 25.4 Å². The number of nitrogens with zero attached hydrogens (tertiary/aromatic N) is 2. The second kappa shape index (κ2) is 7.18. The summed E-state index contributed by atoms with van der Waals surface area (Å²) in [4.78, 5) is 29.9. The molecule has 1 aromatic carbocycles. The van der Waals surface area contributed by atoms with Gasteiger partial charge in [-0.3, -0.25) is 9.59 Å². The van der Waals surface area contributed by atoms with Crippen LogP contribution in [-0.4, -0.2) is 35.7 Å². The molecule has 1 aliphatic rings. The molecule has 2 amide bonds. The Kier molecular flexibility index (Phi) is 5.00. The summed E-state index contributed by atoms with van der Waals surface area (Å²) in [7, 11) is 3.65. The van der Waals surface area contributed by atoms with E-state index in [1.165, 1.54) is 4.88 Å². The number of likely N-dealkylation sites (tertiary alicyclic amines) is 1. The first-order valence-electron chi connectivity index (χ1n) is 8.16. The Hall–Kier alpha value is -2.14. The standard InChI is InChI=1S/C19H22N2O2S/c1-20(13-15-9-6-12-24-15)19(23)16-10-11-17(22)21(2)18(16)14-7-4-3-5-8-14/h3-9,12,16,18H,10-11,13H2,1-2H3/t16-,18+/m0/s1. The molecule has 2 aromatic rings. The first kappa shape index (κ1) is 16.7. The van der Waals surface area contributed by atoms with E-state index in [9.17, 15) is 9.59 Å². The predicted octanol–water partition coefficient (Wildman–Crippen LogP) is 3.32. The van der Waals surface area contributed by atoms with Crippen LogP contribution in [0.15, 0.2) is 47.8 Å². The number of hydrogen-bond acceptors (Lipinski definition) is 3. The van der Waals surface area contributed by atoms with Gasteiger partial charge in [-0.15, -0.1) is 11.3 Å². The number of carbonyl (C=O) groups is 2. The molecular formula is C19H22N2O2S. The number of carbonyl (C=O) groups excluding carboxylic acids is 2. The summed E-state index contributed by atoms with van der Waals surface area (Å²) >= 11 is 1.66. The van der Waals surface area contributed by atoms with Crippen LogP contribution in [0.4, 0.5) is 0 Å². The molecule has 0 radical (unpaired) electrons. The molecule has 5 heteroatoms. The van der Waals surface area contributed by atoms with Crippen LogP contribution in [0.5, 0.6) is 0 Å². The molecule has 24 heavy (non-hydrogen) atoms. The zero-order valence-electron chi connectivity index (χ0n) is 14.0. The first-order chi connectivity index (χ1) is 11.6. The predicted molar refractivity (Wildman–Crippen MR) is 95.5 cm³/mol. The van der Waals surface area contributed by atoms with Crippen LogP contribution in [0.25, 0.3) is 0 Å². The molecule has 0 bridgehead atoms. The third kappa shape index (κ3) is 3.36. The molecule has 2 heterocycles. The van der Waals surface area contributed by atoms with Crippen molar-refractivity contribution in [2.45, 2.75) is 25.4 Å². The summed E-state index contributed by atoms with van der Waals surface area (Å²) < 4.78 is 0. The quantitative estimate of drug-likeness (QED) is 0.855. The van der Waals surface area contributed by atoms with E-state index in [1.54, 1.807) is 28.2 Å². The van der Waals surface area contributed by atoms with Crippen molar-refractivity contribution in [1.82, 2.24) is 9.80 Å². The highest BCUT2D eigenvalue weighted by molar-refractivity contribution is 7.09. The van der Waals surface area contributed by atoms with E-state index in [2.05, 4.69) is 0 Å². The number of amides is 2. The van der Waals surface area contributed by atoms with Crippen molar-refractivity contribution < 1.29 is 9.59 Å². The van der Waals surface area contributed by atoms with Crippen molar-refractivity contribution in [3.05, 3.63) is 58.3 Å². The topological polar surface area (TPSA) is 40.6 Å². The average molecular weight is 342 g/mol. The van der Waals surface area contributed by atoms with E-state index in [4.69, 9.17) is 0 Å². The fraction of sp³-hybridized carbons (Fsp3) is 0.368. The van der Waals surface area contributed by atoms with Gasteiger partial charge in [0.15, 0.2) is 0 Å². The molecule has 4 nitrogen and oxygen atoms in total. The molecule has 126 valence electrons. The highest BCUT2D eigenvalue weighted by Crippen LogP contribution is 2.36. The van der Waals surface area contributed by atoms with E-state index in [0.29, 0.717) is 19.4 Å². The summed E-state index contributed by atoms with van der Waals surface area (Å²) in [6.07, 6.45) is 1.04. The van der Waals surface area contributed by atoms with Crippen molar-refractivity contribution in [2.24, 2.45) is 5.92 Å². The highest BCUT2D eigenvalue weighted by atomic mass is 32.1. The molecular weight excluding hydrogens is 320 g/mol. The fourth-order valence-electron chi connectivity index (χ4n) is 3.40. The van der Waals surface area contributed by atoms with Gasteiger partial charge in [0.2, 0.25) is 11.8 Å². The Morgan fingerprint density at radius 1 is 1.25 bits per heavy atom. The second-order valence-electron chi connectivity index (χ2n) is 6.28.